The number of carbonyl (C=O) groups excluding carboxylic acids is 1. The second-order valence-corrected chi connectivity index (χ2v) is 5.28. The second kappa shape index (κ2) is 5.82. The van der Waals surface area contributed by atoms with Crippen molar-refractivity contribution in [2.24, 2.45) is 0 Å². The minimum Gasteiger partial charge on any atom is -0.481 e. The van der Waals surface area contributed by atoms with Crippen molar-refractivity contribution in [2.45, 2.75) is 39.7 Å². The first-order valence-corrected chi connectivity index (χ1v) is 6.35. The molecule has 0 bridgehead atoms. The molecule has 94 valence electrons. The fourth-order valence-electron chi connectivity index (χ4n) is 1.45. The van der Waals surface area contributed by atoms with Crippen molar-refractivity contribution in [1.29, 1.82) is 0 Å². The van der Waals surface area contributed by atoms with Gasteiger partial charge in [-0.1, -0.05) is 6.92 Å². The first-order chi connectivity index (χ1) is 7.93. The highest BCUT2D eigenvalue weighted by Gasteiger charge is 2.16. The number of amides is 1. The van der Waals surface area contributed by atoms with Crippen LogP contribution in [0, 0.1) is 13.8 Å². The van der Waals surface area contributed by atoms with Gasteiger partial charge in [-0.25, -0.2) is 0 Å². The van der Waals surface area contributed by atoms with E-state index in [0.717, 1.165) is 10.4 Å². The van der Waals surface area contributed by atoms with Crippen molar-refractivity contribution in [1.82, 2.24) is 5.32 Å². The van der Waals surface area contributed by atoms with E-state index in [1.807, 2.05) is 26.8 Å². The van der Waals surface area contributed by atoms with Crippen LogP contribution in [0.1, 0.15) is 39.9 Å². The number of rotatable bonds is 5. The average molecular weight is 255 g/mol. The number of aliphatic carboxylic acids is 1. The molecule has 0 radical (unpaired) electrons. The molecule has 0 aliphatic heterocycles. The van der Waals surface area contributed by atoms with Crippen LogP contribution in [-0.2, 0) is 4.79 Å². The quantitative estimate of drug-likeness (QED) is 0.848. The van der Waals surface area contributed by atoms with Gasteiger partial charge in [0.05, 0.1) is 11.3 Å². The minimum absolute atomic E-state index is 0.0361. The lowest BCUT2D eigenvalue weighted by molar-refractivity contribution is -0.137. The van der Waals surface area contributed by atoms with Gasteiger partial charge < -0.3 is 10.4 Å². The summed E-state index contributed by atoms with van der Waals surface area (Å²) in [4.78, 5) is 24.2. The predicted molar refractivity (Wildman–Crippen MR) is 67.6 cm³/mol. The van der Waals surface area contributed by atoms with Crippen LogP contribution < -0.4 is 5.32 Å². The lowest BCUT2D eigenvalue weighted by atomic mass is 10.1. The van der Waals surface area contributed by atoms with E-state index < -0.39 is 5.97 Å². The molecule has 0 aliphatic rings. The summed E-state index contributed by atoms with van der Waals surface area (Å²) in [6.07, 6.45) is 0.576. The molecule has 17 heavy (non-hydrogen) atoms. The molecular weight excluding hydrogens is 238 g/mol. The molecular formula is C12H17NO3S. The number of carboxylic acids is 1. The Balaban J connectivity index is 2.67. The van der Waals surface area contributed by atoms with Gasteiger partial charge >= 0.3 is 5.97 Å². The third-order valence-corrected chi connectivity index (χ3v) is 3.79. The molecule has 1 amide bonds. The van der Waals surface area contributed by atoms with Gasteiger partial charge in [0.2, 0.25) is 0 Å². The van der Waals surface area contributed by atoms with Crippen molar-refractivity contribution < 1.29 is 14.7 Å². The maximum absolute atomic E-state index is 11.9. The molecule has 4 nitrogen and oxygen atoms in total. The summed E-state index contributed by atoms with van der Waals surface area (Å²) in [6, 6.07) is 1.53. The van der Waals surface area contributed by atoms with Gasteiger partial charge in [0.1, 0.15) is 0 Å². The molecule has 0 saturated heterocycles. The van der Waals surface area contributed by atoms with E-state index in [1.54, 1.807) is 0 Å². The summed E-state index contributed by atoms with van der Waals surface area (Å²) in [5, 5.41) is 11.4. The van der Waals surface area contributed by atoms with Crippen molar-refractivity contribution in [3.8, 4) is 0 Å². The standard InChI is InChI=1S/C12H17NO3S/c1-4-9(6-11(14)15)13-12(16)10-5-7(2)8(3)17-10/h5,9H,4,6H2,1-3H3,(H,13,16)(H,14,15). The smallest absolute Gasteiger partial charge is 0.305 e. The van der Waals surface area contributed by atoms with Crippen LogP contribution in [0.15, 0.2) is 6.07 Å². The van der Waals surface area contributed by atoms with Crippen molar-refractivity contribution in [3.05, 3.63) is 21.4 Å². The first-order valence-electron chi connectivity index (χ1n) is 5.53. The molecule has 0 aliphatic carbocycles. The molecule has 0 aromatic carbocycles. The Morgan fingerprint density at radius 1 is 1.47 bits per heavy atom. The third kappa shape index (κ3) is 3.85. The third-order valence-electron chi connectivity index (χ3n) is 2.64. The zero-order chi connectivity index (χ0) is 13.0. The molecule has 1 atom stereocenters. The minimum atomic E-state index is -0.893. The first kappa shape index (κ1) is 13.7. The number of carbonyl (C=O) groups is 2. The normalized spacial score (nSPS) is 12.2. The molecule has 5 heteroatoms. The van der Waals surface area contributed by atoms with E-state index in [-0.39, 0.29) is 18.4 Å². The summed E-state index contributed by atoms with van der Waals surface area (Å²) in [7, 11) is 0. The van der Waals surface area contributed by atoms with E-state index in [9.17, 15) is 9.59 Å². The Kier molecular flexibility index (Phi) is 4.69. The van der Waals surface area contributed by atoms with E-state index >= 15 is 0 Å². The summed E-state index contributed by atoms with van der Waals surface area (Å²) in [6.45, 7) is 5.78. The van der Waals surface area contributed by atoms with E-state index in [0.29, 0.717) is 11.3 Å². The van der Waals surface area contributed by atoms with Crippen LogP contribution in [0.2, 0.25) is 0 Å². The SMILES string of the molecule is CCC(CC(=O)O)NC(=O)c1cc(C)c(C)s1. The number of hydrogen-bond donors (Lipinski definition) is 2. The second-order valence-electron chi connectivity index (χ2n) is 4.03. The van der Waals surface area contributed by atoms with Crippen molar-refractivity contribution in [2.75, 3.05) is 0 Å². The lowest BCUT2D eigenvalue weighted by Gasteiger charge is -2.13. The van der Waals surface area contributed by atoms with Crippen LogP contribution in [-0.4, -0.2) is 23.0 Å². The van der Waals surface area contributed by atoms with E-state index in [2.05, 4.69) is 5.32 Å². The highest BCUT2D eigenvalue weighted by Crippen LogP contribution is 2.20. The van der Waals surface area contributed by atoms with Crippen molar-refractivity contribution in [3.63, 3.8) is 0 Å². The van der Waals surface area contributed by atoms with Gasteiger partial charge in [0.25, 0.3) is 5.91 Å². The van der Waals surface area contributed by atoms with Crippen molar-refractivity contribution >= 4 is 23.2 Å². The summed E-state index contributed by atoms with van der Waals surface area (Å²) >= 11 is 1.43. The number of carboxylic acid groups (broad SMARTS) is 1. The van der Waals surface area contributed by atoms with Gasteiger partial charge in [-0.15, -0.1) is 11.3 Å². The van der Waals surface area contributed by atoms with Crippen LogP contribution in [0.5, 0.6) is 0 Å². The fraction of sp³-hybridized carbons (Fsp3) is 0.500. The Morgan fingerprint density at radius 2 is 2.12 bits per heavy atom. The zero-order valence-corrected chi connectivity index (χ0v) is 11.1. The molecule has 0 fully saturated rings. The molecule has 1 rings (SSSR count). The molecule has 1 unspecified atom stereocenters. The van der Waals surface area contributed by atoms with Gasteiger partial charge in [0.15, 0.2) is 0 Å². The lowest BCUT2D eigenvalue weighted by Crippen LogP contribution is -2.35. The van der Waals surface area contributed by atoms with Gasteiger partial charge in [0, 0.05) is 10.9 Å². The maximum Gasteiger partial charge on any atom is 0.305 e. The summed E-state index contributed by atoms with van der Waals surface area (Å²) in [5.41, 5.74) is 1.09. The van der Waals surface area contributed by atoms with Crippen LogP contribution in [0.25, 0.3) is 0 Å². The Hall–Kier alpha value is -1.36. The highest BCUT2D eigenvalue weighted by molar-refractivity contribution is 7.14. The molecule has 1 heterocycles. The molecule has 0 saturated carbocycles. The number of thiophene rings is 1. The summed E-state index contributed by atoms with van der Waals surface area (Å²) in [5.74, 6) is -1.07. The predicted octanol–water partition coefficient (Wildman–Crippen LogP) is 2.35. The number of nitrogens with one attached hydrogen (secondary N) is 1. The van der Waals surface area contributed by atoms with Gasteiger partial charge in [-0.05, 0) is 31.9 Å². The molecule has 1 aromatic heterocycles. The van der Waals surface area contributed by atoms with E-state index in [1.165, 1.54) is 11.3 Å². The molecule has 1 aromatic rings. The maximum atomic E-state index is 11.9. The fourth-order valence-corrected chi connectivity index (χ4v) is 2.39. The van der Waals surface area contributed by atoms with E-state index in [4.69, 9.17) is 5.11 Å². The monoisotopic (exact) mass is 255 g/mol. The van der Waals surface area contributed by atoms with Crippen LogP contribution >= 0.6 is 11.3 Å². The summed E-state index contributed by atoms with van der Waals surface area (Å²) < 4.78 is 0. The van der Waals surface area contributed by atoms with Gasteiger partial charge in [-0.2, -0.15) is 0 Å². The number of hydrogen-bond acceptors (Lipinski definition) is 3. The van der Waals surface area contributed by atoms with Gasteiger partial charge in [-0.3, -0.25) is 9.59 Å². The Bertz CT molecular complexity index is 406. The van der Waals surface area contributed by atoms with Crippen LogP contribution in [0.4, 0.5) is 0 Å². The zero-order valence-electron chi connectivity index (χ0n) is 10.2. The largest absolute Gasteiger partial charge is 0.481 e. The Morgan fingerprint density at radius 3 is 2.53 bits per heavy atom. The van der Waals surface area contributed by atoms with Crippen LogP contribution in [0.3, 0.4) is 0 Å². The topological polar surface area (TPSA) is 66.4 Å². The average Bonchev–Trinajstić information content (AvgIpc) is 2.57. The molecule has 2 N–H and O–H groups in total. The highest BCUT2D eigenvalue weighted by atomic mass is 32.1. The Labute approximate surface area is 105 Å². The molecule has 0 spiro atoms. The number of aryl methyl sites for hydroxylation is 2.